The van der Waals surface area contributed by atoms with Crippen molar-refractivity contribution in [2.24, 2.45) is 0 Å². The Morgan fingerprint density at radius 3 is 2.56 bits per heavy atom. The van der Waals surface area contributed by atoms with Crippen LogP contribution in [-0.2, 0) is 11.3 Å². The number of hydrogen-bond acceptors (Lipinski definition) is 4. The first-order valence-electron chi connectivity index (χ1n) is 5.66. The van der Waals surface area contributed by atoms with Gasteiger partial charge in [0.2, 0.25) is 0 Å². The maximum Gasteiger partial charge on any atom is 0.337 e. The maximum atomic E-state index is 11.3. The fourth-order valence-electron chi connectivity index (χ4n) is 1.61. The van der Waals surface area contributed by atoms with Crippen LogP contribution in [-0.4, -0.2) is 13.1 Å². The van der Waals surface area contributed by atoms with Crippen molar-refractivity contribution in [2.45, 2.75) is 13.5 Å². The van der Waals surface area contributed by atoms with Gasteiger partial charge in [-0.25, -0.2) is 4.79 Å². The van der Waals surface area contributed by atoms with Crippen LogP contribution < -0.4 is 5.32 Å². The molecule has 1 heterocycles. The molecule has 0 saturated carbocycles. The first kappa shape index (κ1) is 12.2. The summed E-state index contributed by atoms with van der Waals surface area (Å²) in [6, 6.07) is 9.05. The summed E-state index contributed by atoms with van der Waals surface area (Å²) in [4.78, 5) is 11.3. The molecular weight excluding hydrogens is 230 g/mol. The molecule has 0 spiro atoms. The van der Waals surface area contributed by atoms with Gasteiger partial charge < -0.3 is 14.5 Å². The van der Waals surface area contributed by atoms with Gasteiger partial charge in [-0.15, -0.1) is 0 Å². The highest BCUT2D eigenvalue weighted by molar-refractivity contribution is 5.89. The molecule has 0 radical (unpaired) electrons. The molecule has 0 aliphatic carbocycles. The van der Waals surface area contributed by atoms with Gasteiger partial charge in [0.25, 0.3) is 0 Å². The van der Waals surface area contributed by atoms with Crippen molar-refractivity contribution in [3.8, 4) is 0 Å². The second kappa shape index (κ2) is 5.40. The van der Waals surface area contributed by atoms with E-state index in [-0.39, 0.29) is 5.97 Å². The van der Waals surface area contributed by atoms with Crippen LogP contribution in [0, 0.1) is 6.92 Å². The molecule has 0 atom stereocenters. The smallest absolute Gasteiger partial charge is 0.337 e. The fourth-order valence-corrected chi connectivity index (χ4v) is 1.61. The van der Waals surface area contributed by atoms with E-state index in [1.54, 1.807) is 18.4 Å². The largest absolute Gasteiger partial charge is 0.467 e. The van der Waals surface area contributed by atoms with Crippen molar-refractivity contribution in [2.75, 3.05) is 12.4 Å². The predicted molar refractivity (Wildman–Crippen MR) is 68.6 cm³/mol. The van der Waals surface area contributed by atoms with Crippen LogP contribution in [0.25, 0.3) is 0 Å². The minimum atomic E-state index is -0.330. The molecule has 0 fully saturated rings. The van der Waals surface area contributed by atoms with E-state index in [1.165, 1.54) is 7.11 Å². The molecule has 18 heavy (non-hydrogen) atoms. The molecule has 94 valence electrons. The maximum absolute atomic E-state index is 11.3. The number of anilines is 1. The minimum absolute atomic E-state index is 0.330. The number of methoxy groups -OCH3 is 1. The Hall–Kier alpha value is -2.23. The summed E-state index contributed by atoms with van der Waals surface area (Å²) in [5, 5.41) is 3.23. The van der Waals surface area contributed by atoms with E-state index in [4.69, 9.17) is 4.42 Å². The molecular formula is C14H15NO3. The zero-order chi connectivity index (χ0) is 13.0. The second-order valence-corrected chi connectivity index (χ2v) is 3.95. The van der Waals surface area contributed by atoms with Crippen molar-refractivity contribution in [1.29, 1.82) is 0 Å². The van der Waals surface area contributed by atoms with Gasteiger partial charge in [-0.3, -0.25) is 0 Å². The lowest BCUT2D eigenvalue weighted by Gasteiger charge is -2.06. The molecule has 1 N–H and O–H groups in total. The summed E-state index contributed by atoms with van der Waals surface area (Å²) in [6.07, 6.45) is 1.67. The number of carbonyl (C=O) groups excluding carboxylic acids is 1. The molecule has 0 aliphatic rings. The first-order chi connectivity index (χ1) is 8.70. The molecule has 0 saturated heterocycles. The lowest BCUT2D eigenvalue weighted by atomic mass is 10.2. The van der Waals surface area contributed by atoms with Crippen molar-refractivity contribution in [1.82, 2.24) is 0 Å². The third-order valence-electron chi connectivity index (χ3n) is 2.73. The lowest BCUT2D eigenvalue weighted by Crippen LogP contribution is -2.02. The van der Waals surface area contributed by atoms with Crippen LogP contribution in [0.2, 0.25) is 0 Å². The highest BCUT2D eigenvalue weighted by atomic mass is 16.5. The fraction of sp³-hybridized carbons (Fsp3) is 0.214. The summed E-state index contributed by atoms with van der Waals surface area (Å²) in [5.74, 6) is 0.579. The van der Waals surface area contributed by atoms with E-state index in [0.29, 0.717) is 12.1 Å². The summed E-state index contributed by atoms with van der Waals surface area (Å²) < 4.78 is 9.97. The van der Waals surface area contributed by atoms with Crippen LogP contribution in [0.5, 0.6) is 0 Å². The molecule has 0 aliphatic heterocycles. The van der Waals surface area contributed by atoms with Gasteiger partial charge in [0, 0.05) is 5.69 Å². The zero-order valence-electron chi connectivity index (χ0n) is 10.4. The van der Waals surface area contributed by atoms with Crippen molar-refractivity contribution in [3.05, 3.63) is 53.5 Å². The van der Waals surface area contributed by atoms with Gasteiger partial charge in [-0.1, -0.05) is 0 Å². The molecule has 0 bridgehead atoms. The number of hydrogen-bond donors (Lipinski definition) is 1. The van der Waals surface area contributed by atoms with E-state index in [9.17, 15) is 4.79 Å². The summed E-state index contributed by atoms with van der Waals surface area (Å²) >= 11 is 0. The summed E-state index contributed by atoms with van der Waals surface area (Å²) in [5.41, 5.74) is 2.59. The number of furan rings is 1. The number of benzene rings is 1. The Balaban J connectivity index is 1.98. The summed E-state index contributed by atoms with van der Waals surface area (Å²) in [6.45, 7) is 2.62. The third kappa shape index (κ3) is 2.71. The predicted octanol–water partition coefficient (Wildman–Crippen LogP) is 2.99. The van der Waals surface area contributed by atoms with E-state index in [1.807, 2.05) is 25.1 Å². The van der Waals surface area contributed by atoms with Crippen LogP contribution in [0.15, 0.2) is 41.0 Å². The molecule has 2 rings (SSSR count). The standard InChI is InChI=1S/C14H15NO3/c1-10-7-8-18-13(10)9-15-12-5-3-11(4-6-12)14(16)17-2/h3-8,15H,9H2,1-2H3. The molecule has 1 aromatic heterocycles. The SMILES string of the molecule is COC(=O)c1ccc(NCc2occc2C)cc1. The van der Waals surface area contributed by atoms with Gasteiger partial charge in [0.05, 0.1) is 25.5 Å². The number of aryl methyl sites for hydroxylation is 1. The average molecular weight is 245 g/mol. The Kier molecular flexibility index (Phi) is 3.67. The van der Waals surface area contributed by atoms with Gasteiger partial charge in [-0.05, 0) is 42.8 Å². The summed E-state index contributed by atoms with van der Waals surface area (Å²) in [7, 11) is 1.37. The lowest BCUT2D eigenvalue weighted by molar-refractivity contribution is 0.0601. The van der Waals surface area contributed by atoms with Crippen molar-refractivity contribution in [3.63, 3.8) is 0 Å². The Labute approximate surface area is 106 Å². The number of rotatable bonds is 4. The number of carbonyl (C=O) groups is 1. The monoisotopic (exact) mass is 245 g/mol. The third-order valence-corrected chi connectivity index (χ3v) is 2.73. The molecule has 1 aromatic carbocycles. The van der Waals surface area contributed by atoms with E-state index in [2.05, 4.69) is 10.1 Å². The zero-order valence-corrected chi connectivity index (χ0v) is 10.4. The van der Waals surface area contributed by atoms with Crippen LogP contribution in [0.3, 0.4) is 0 Å². The molecule has 0 unspecified atom stereocenters. The minimum Gasteiger partial charge on any atom is -0.467 e. The van der Waals surface area contributed by atoms with Crippen LogP contribution in [0.1, 0.15) is 21.7 Å². The second-order valence-electron chi connectivity index (χ2n) is 3.95. The van der Waals surface area contributed by atoms with Crippen LogP contribution in [0.4, 0.5) is 5.69 Å². The normalized spacial score (nSPS) is 10.1. The van der Waals surface area contributed by atoms with Crippen LogP contribution >= 0.6 is 0 Å². The molecule has 4 nitrogen and oxygen atoms in total. The molecule has 2 aromatic rings. The average Bonchev–Trinajstić information content (AvgIpc) is 2.81. The number of ether oxygens (including phenoxy) is 1. The topological polar surface area (TPSA) is 51.5 Å². The van der Waals surface area contributed by atoms with Crippen molar-refractivity contribution >= 4 is 11.7 Å². The Morgan fingerprint density at radius 2 is 2.00 bits per heavy atom. The van der Waals surface area contributed by atoms with Gasteiger partial charge >= 0.3 is 5.97 Å². The van der Waals surface area contributed by atoms with Gasteiger partial charge in [-0.2, -0.15) is 0 Å². The van der Waals surface area contributed by atoms with Gasteiger partial charge in [0.15, 0.2) is 0 Å². The van der Waals surface area contributed by atoms with E-state index >= 15 is 0 Å². The van der Waals surface area contributed by atoms with Crippen molar-refractivity contribution < 1.29 is 13.9 Å². The molecule has 0 amide bonds. The molecule has 4 heteroatoms. The highest BCUT2D eigenvalue weighted by Gasteiger charge is 2.05. The van der Waals surface area contributed by atoms with E-state index in [0.717, 1.165) is 17.0 Å². The Morgan fingerprint density at radius 1 is 1.28 bits per heavy atom. The van der Waals surface area contributed by atoms with Gasteiger partial charge in [0.1, 0.15) is 5.76 Å². The highest BCUT2D eigenvalue weighted by Crippen LogP contribution is 2.14. The van der Waals surface area contributed by atoms with E-state index < -0.39 is 0 Å². The first-order valence-corrected chi connectivity index (χ1v) is 5.66. The number of esters is 1. The quantitative estimate of drug-likeness (QED) is 0.841. The number of nitrogens with one attached hydrogen (secondary N) is 1. The Bertz CT molecular complexity index is 528.